The zero-order valence-electron chi connectivity index (χ0n) is 10.9. The highest BCUT2D eigenvalue weighted by atomic mass is 16.1. The molecule has 1 aromatic heterocycles. The largest absolute Gasteiger partial charge is 0.358 e. The number of aromatic amines is 1. The highest BCUT2D eigenvalue weighted by Crippen LogP contribution is 2.31. The smallest absolute Gasteiger partial charge is 0.223 e. The Morgan fingerprint density at radius 2 is 2.26 bits per heavy atom. The van der Waals surface area contributed by atoms with Gasteiger partial charge in [-0.2, -0.15) is 0 Å². The van der Waals surface area contributed by atoms with E-state index < -0.39 is 0 Å². The summed E-state index contributed by atoms with van der Waals surface area (Å²) >= 11 is 0. The van der Waals surface area contributed by atoms with E-state index >= 15 is 0 Å². The van der Waals surface area contributed by atoms with Gasteiger partial charge in [0.15, 0.2) is 0 Å². The van der Waals surface area contributed by atoms with Crippen LogP contribution in [0.5, 0.6) is 0 Å². The number of benzene rings is 1. The summed E-state index contributed by atoms with van der Waals surface area (Å²) in [6.45, 7) is 1.06. The molecule has 2 aromatic rings. The molecule has 1 aliphatic rings. The van der Waals surface area contributed by atoms with Crippen LogP contribution in [0, 0.1) is 5.92 Å². The quantitative estimate of drug-likeness (QED) is 0.776. The Morgan fingerprint density at radius 3 is 3.11 bits per heavy atom. The van der Waals surface area contributed by atoms with Crippen LogP contribution in [0.25, 0.3) is 10.9 Å². The van der Waals surface area contributed by atoms with E-state index in [1.165, 1.54) is 22.2 Å². The minimum Gasteiger partial charge on any atom is -0.358 e. The maximum absolute atomic E-state index is 12.0. The van der Waals surface area contributed by atoms with Crippen LogP contribution < -0.4 is 11.1 Å². The van der Waals surface area contributed by atoms with E-state index in [0.717, 1.165) is 19.3 Å². The number of carbonyl (C=O) groups excluding carboxylic acids is 1. The molecule has 100 valence electrons. The summed E-state index contributed by atoms with van der Waals surface area (Å²) < 4.78 is 0. The molecule has 1 aromatic carbocycles. The van der Waals surface area contributed by atoms with Crippen molar-refractivity contribution in [1.82, 2.24) is 10.3 Å². The summed E-state index contributed by atoms with van der Waals surface area (Å²) in [5.41, 5.74) is 9.21. The van der Waals surface area contributed by atoms with Crippen LogP contribution in [-0.4, -0.2) is 24.0 Å². The Morgan fingerprint density at radius 1 is 1.42 bits per heavy atom. The third kappa shape index (κ3) is 2.24. The highest BCUT2D eigenvalue weighted by molar-refractivity contribution is 5.86. The number of carbonyl (C=O) groups is 1. The van der Waals surface area contributed by atoms with Crippen molar-refractivity contribution in [3.8, 4) is 0 Å². The lowest BCUT2D eigenvalue weighted by atomic mass is 9.86. The van der Waals surface area contributed by atoms with Crippen LogP contribution in [-0.2, 0) is 17.6 Å². The molecule has 3 rings (SSSR count). The Balaban J connectivity index is 1.84. The molecule has 0 spiro atoms. The monoisotopic (exact) mass is 257 g/mol. The number of fused-ring (bicyclic) bond motifs is 3. The van der Waals surface area contributed by atoms with Crippen molar-refractivity contribution in [1.29, 1.82) is 0 Å². The van der Waals surface area contributed by atoms with E-state index in [1.807, 2.05) is 6.07 Å². The molecule has 0 radical (unpaired) electrons. The molecule has 1 unspecified atom stereocenters. The number of aryl methyl sites for hydroxylation is 1. The lowest BCUT2D eigenvalue weighted by Gasteiger charge is -2.21. The molecule has 4 N–H and O–H groups in total. The summed E-state index contributed by atoms with van der Waals surface area (Å²) in [5, 5.41) is 4.16. The van der Waals surface area contributed by atoms with Crippen molar-refractivity contribution >= 4 is 16.8 Å². The topological polar surface area (TPSA) is 70.9 Å². The summed E-state index contributed by atoms with van der Waals surface area (Å²) in [5.74, 6) is 0.222. The van der Waals surface area contributed by atoms with Crippen LogP contribution >= 0.6 is 0 Å². The van der Waals surface area contributed by atoms with Crippen molar-refractivity contribution in [2.24, 2.45) is 11.7 Å². The SMILES string of the molecule is NCCNC(=O)C1CCc2[nH]c3ccccc3c2C1. The van der Waals surface area contributed by atoms with Gasteiger partial charge in [0.2, 0.25) is 5.91 Å². The minimum atomic E-state index is 0.0817. The number of H-pyrrole nitrogens is 1. The van der Waals surface area contributed by atoms with Gasteiger partial charge >= 0.3 is 0 Å². The lowest BCUT2D eigenvalue weighted by Crippen LogP contribution is -2.36. The maximum atomic E-state index is 12.0. The fourth-order valence-electron chi connectivity index (χ4n) is 2.93. The molecular weight excluding hydrogens is 238 g/mol. The molecule has 1 heterocycles. The van der Waals surface area contributed by atoms with Gasteiger partial charge in [-0.05, 0) is 30.9 Å². The van der Waals surface area contributed by atoms with Gasteiger partial charge in [0.05, 0.1) is 0 Å². The molecule has 1 amide bonds. The van der Waals surface area contributed by atoms with E-state index in [2.05, 4.69) is 28.5 Å². The number of hydrogen-bond donors (Lipinski definition) is 3. The number of amides is 1. The Hall–Kier alpha value is -1.81. The Bertz CT molecular complexity index is 602. The van der Waals surface area contributed by atoms with Crippen molar-refractivity contribution in [2.45, 2.75) is 19.3 Å². The van der Waals surface area contributed by atoms with Crippen LogP contribution in [0.15, 0.2) is 24.3 Å². The van der Waals surface area contributed by atoms with Gasteiger partial charge in [-0.3, -0.25) is 4.79 Å². The molecule has 0 saturated heterocycles. The third-order valence-electron chi connectivity index (χ3n) is 3.91. The summed E-state index contributed by atoms with van der Waals surface area (Å²) in [6, 6.07) is 8.31. The van der Waals surface area contributed by atoms with Gasteiger partial charge in [0.25, 0.3) is 0 Å². The number of para-hydroxylation sites is 1. The van der Waals surface area contributed by atoms with Crippen LogP contribution in [0.4, 0.5) is 0 Å². The first-order valence-electron chi connectivity index (χ1n) is 6.86. The second kappa shape index (κ2) is 5.05. The summed E-state index contributed by atoms with van der Waals surface area (Å²) in [7, 11) is 0. The number of nitrogens with two attached hydrogens (primary N) is 1. The minimum absolute atomic E-state index is 0.0817. The standard InChI is InChI=1S/C15H19N3O/c16-7-8-17-15(19)10-5-6-14-12(9-10)11-3-1-2-4-13(11)18-14/h1-4,10,18H,5-9,16H2,(H,17,19). The van der Waals surface area contributed by atoms with E-state index in [-0.39, 0.29) is 11.8 Å². The van der Waals surface area contributed by atoms with Gasteiger partial charge in [-0.1, -0.05) is 18.2 Å². The number of hydrogen-bond acceptors (Lipinski definition) is 2. The predicted molar refractivity (Wildman–Crippen MR) is 75.9 cm³/mol. The van der Waals surface area contributed by atoms with E-state index in [4.69, 9.17) is 5.73 Å². The van der Waals surface area contributed by atoms with Crippen molar-refractivity contribution in [3.63, 3.8) is 0 Å². The van der Waals surface area contributed by atoms with Crippen molar-refractivity contribution in [2.75, 3.05) is 13.1 Å². The average Bonchev–Trinajstić information content (AvgIpc) is 2.82. The van der Waals surface area contributed by atoms with Crippen LogP contribution in [0.1, 0.15) is 17.7 Å². The van der Waals surface area contributed by atoms with Gasteiger partial charge in [-0.25, -0.2) is 0 Å². The first-order valence-corrected chi connectivity index (χ1v) is 6.86. The molecule has 0 aliphatic heterocycles. The molecule has 1 aliphatic carbocycles. The molecule has 19 heavy (non-hydrogen) atoms. The Kier molecular flexibility index (Phi) is 3.25. The van der Waals surface area contributed by atoms with Crippen LogP contribution in [0.3, 0.4) is 0 Å². The van der Waals surface area contributed by atoms with Gasteiger partial charge in [0.1, 0.15) is 0 Å². The number of nitrogens with one attached hydrogen (secondary N) is 2. The van der Waals surface area contributed by atoms with Gasteiger partial charge in [0, 0.05) is 35.6 Å². The highest BCUT2D eigenvalue weighted by Gasteiger charge is 2.26. The molecule has 0 fully saturated rings. The average molecular weight is 257 g/mol. The summed E-state index contributed by atoms with van der Waals surface area (Å²) in [4.78, 5) is 15.5. The molecule has 4 heteroatoms. The third-order valence-corrected chi connectivity index (χ3v) is 3.91. The second-order valence-corrected chi connectivity index (χ2v) is 5.15. The van der Waals surface area contributed by atoms with E-state index in [0.29, 0.717) is 13.1 Å². The van der Waals surface area contributed by atoms with E-state index in [9.17, 15) is 4.79 Å². The van der Waals surface area contributed by atoms with Crippen LogP contribution in [0.2, 0.25) is 0 Å². The molecular formula is C15H19N3O. The predicted octanol–water partition coefficient (Wildman–Crippen LogP) is 1.35. The number of aromatic nitrogens is 1. The first-order chi connectivity index (χ1) is 9.29. The second-order valence-electron chi connectivity index (χ2n) is 5.15. The van der Waals surface area contributed by atoms with Gasteiger partial charge in [-0.15, -0.1) is 0 Å². The van der Waals surface area contributed by atoms with Crippen molar-refractivity contribution < 1.29 is 4.79 Å². The molecule has 0 saturated carbocycles. The number of rotatable bonds is 3. The fraction of sp³-hybridized carbons (Fsp3) is 0.400. The zero-order chi connectivity index (χ0) is 13.2. The molecule has 4 nitrogen and oxygen atoms in total. The van der Waals surface area contributed by atoms with E-state index in [1.54, 1.807) is 0 Å². The molecule has 1 atom stereocenters. The van der Waals surface area contributed by atoms with Crippen molar-refractivity contribution in [3.05, 3.63) is 35.5 Å². The molecule has 0 bridgehead atoms. The Labute approximate surface area is 112 Å². The van der Waals surface area contributed by atoms with Gasteiger partial charge < -0.3 is 16.0 Å². The zero-order valence-corrected chi connectivity index (χ0v) is 10.9. The summed E-state index contributed by atoms with van der Waals surface area (Å²) in [6.07, 6.45) is 2.69. The maximum Gasteiger partial charge on any atom is 0.223 e. The fourth-order valence-corrected chi connectivity index (χ4v) is 2.93. The lowest BCUT2D eigenvalue weighted by molar-refractivity contribution is -0.125. The normalized spacial score (nSPS) is 18.3. The first kappa shape index (κ1) is 12.2.